The summed E-state index contributed by atoms with van der Waals surface area (Å²) < 4.78 is 61.8. The van der Waals surface area contributed by atoms with E-state index in [0.717, 1.165) is 150 Å². The summed E-state index contributed by atoms with van der Waals surface area (Å²) in [5.41, 5.74) is 19.3. The number of methoxy groups -OCH3 is 2. The average molecular weight is 2190 g/mol. The molecule has 17 rings (SSSR count). The van der Waals surface area contributed by atoms with E-state index < -0.39 is 29.7 Å². The molecule has 9 aromatic carbocycles. The molecular weight excluding hydrogens is 2080 g/mol. The molecule has 5 aromatic heterocycles. The lowest BCUT2D eigenvalue weighted by molar-refractivity contribution is -0.147. The maximum atomic E-state index is 12.4. The van der Waals surface area contributed by atoms with Crippen molar-refractivity contribution in [3.05, 3.63) is 293 Å². The van der Waals surface area contributed by atoms with Crippen LogP contribution < -0.4 is 9.47 Å². The van der Waals surface area contributed by atoms with E-state index in [-0.39, 0.29) is 93.0 Å². The Morgan fingerprint density at radius 1 is 0.441 bits per heavy atom. The number of fused-ring (bicyclic) bond motifs is 3. The first-order valence-corrected chi connectivity index (χ1v) is 52.5. The zero-order valence-corrected chi connectivity index (χ0v) is 89.2. The monoisotopic (exact) mass is 2190 g/mol. The molecule has 0 bridgehead atoms. The topological polar surface area (TPSA) is 377 Å². The van der Waals surface area contributed by atoms with E-state index in [9.17, 15) is 48.6 Å². The number of phenolic OH excluding ortho intramolecular Hbond substituents is 2. The van der Waals surface area contributed by atoms with Crippen molar-refractivity contribution in [2.24, 2.45) is 5.92 Å². The Balaban J connectivity index is 0.000000156. The van der Waals surface area contributed by atoms with Crippen molar-refractivity contribution < 1.29 is 96.0 Å². The molecule has 0 radical (unpaired) electrons. The summed E-state index contributed by atoms with van der Waals surface area (Å²) in [5.74, 6) is -0.131. The molecule has 3 aliphatic rings. The van der Waals surface area contributed by atoms with Gasteiger partial charge >= 0.3 is 48.1 Å². The van der Waals surface area contributed by atoms with Gasteiger partial charge in [-0.15, -0.1) is 34.0 Å². The molecule has 0 spiro atoms. The summed E-state index contributed by atoms with van der Waals surface area (Å²) in [7, 11) is 11.8. The van der Waals surface area contributed by atoms with E-state index in [1.807, 2.05) is 198 Å². The van der Waals surface area contributed by atoms with Crippen LogP contribution in [0, 0.1) is 19.8 Å². The third-order valence-electron chi connectivity index (χ3n) is 23.7. The van der Waals surface area contributed by atoms with Crippen molar-refractivity contribution in [3.8, 4) is 43.9 Å². The quantitative estimate of drug-likeness (QED) is 0.00874. The molecular formula is C107H114Br2N12O19S5. The summed E-state index contributed by atoms with van der Waals surface area (Å²) in [6.45, 7) is 7.88. The molecule has 145 heavy (non-hydrogen) atoms. The van der Waals surface area contributed by atoms with Gasteiger partial charge in [-0.2, -0.15) is 13.5 Å². The van der Waals surface area contributed by atoms with Crippen LogP contribution in [0.15, 0.2) is 227 Å². The highest BCUT2D eigenvalue weighted by Crippen LogP contribution is 2.39. The van der Waals surface area contributed by atoms with Gasteiger partial charge in [0.15, 0.2) is 0 Å². The van der Waals surface area contributed by atoms with Gasteiger partial charge in [0.25, 0.3) is 5.78 Å². The molecule has 2 atom stereocenters. The minimum atomic E-state index is -0.942. The van der Waals surface area contributed by atoms with E-state index in [1.165, 1.54) is 112 Å². The maximum absolute atomic E-state index is 12.4. The predicted octanol–water partition coefficient (Wildman–Crippen LogP) is 24.6. The number of amides is 5. The minimum Gasteiger partial charge on any atom is -0.508 e. The van der Waals surface area contributed by atoms with Crippen LogP contribution in [0.4, 0.5) is 24.0 Å². The standard InChI is InChI=1S/C25H28N2O5S.C18H21BrN2O2S.C18H18N2O3S.C18H22N2O3S.C17H16N2O3S.C11H9BrN2O3/c1-27(15-17-8-4-3-5-9-17)25(29)31-16-22-26-23-20(12-7-13-21(23)33-22)32-19-11-6-10-18(14-19)24(28)30-2;1-12-16(11-23-18(22)21(2)15-5-3-4-6-15)17(24-20-12)13-7-9-14(19)10-8-13;1-20(11-13-7-4-3-5-8-13)18(21)23-12-16-19-17-14(22-2)9-6-10-15(17)24-16;1-12-16(11-23-18(22)20(2)14-5-3-4-6-14)17(24-19-12)13-7-9-15(21)10-8-13;1-19(10-12-6-3-2-4-7-12)17(21)22-11-15-18-16-13(20)8-5-9-14(16)23-15;1-2-17-11(16)9(14-13)10(15)7-3-5-8(12)6-4-7/h3-5,7-9,12-13,18-19H,6,10-11,14-16H2,1-2H3;7-10,15H,3-6,11H2,1-2H3;3-10H,11-12H2,1-2H3;7-10,14,21H,3-6,11H2,1-2H3;2-9,20H,10-11H2,1H3;3-6H,2H2,1H3/t18-,19-;;;;;/m0...../s1. The number of aryl methyl sites for hydroxylation is 2. The first kappa shape index (κ1) is 110. The van der Waals surface area contributed by atoms with Gasteiger partial charge in [0, 0.05) is 92.6 Å². The average Bonchev–Trinajstić information content (AvgIpc) is 1.69. The van der Waals surface area contributed by atoms with Crippen molar-refractivity contribution in [2.45, 2.75) is 169 Å². The van der Waals surface area contributed by atoms with Gasteiger partial charge < -0.3 is 82.9 Å². The highest BCUT2D eigenvalue weighted by Gasteiger charge is 2.34. The molecule has 3 saturated carbocycles. The van der Waals surface area contributed by atoms with Crippen LogP contribution in [0.1, 0.15) is 149 Å². The number of aromatic nitrogens is 5. The highest BCUT2D eigenvalue weighted by atomic mass is 79.9. The van der Waals surface area contributed by atoms with Crippen LogP contribution in [0.2, 0.25) is 0 Å². The first-order valence-electron chi connectivity index (χ1n) is 46.9. The second-order valence-electron chi connectivity index (χ2n) is 34.1. The molecule has 0 unspecified atom stereocenters. The summed E-state index contributed by atoms with van der Waals surface area (Å²) in [6, 6.07) is 68.1. The second kappa shape index (κ2) is 55.5. The van der Waals surface area contributed by atoms with Crippen molar-refractivity contribution in [1.29, 1.82) is 0 Å². The zero-order chi connectivity index (χ0) is 103. The molecule has 760 valence electrons. The largest absolute Gasteiger partial charge is 0.508 e. The number of halogens is 2. The zero-order valence-electron chi connectivity index (χ0n) is 81.9. The van der Waals surface area contributed by atoms with Crippen molar-refractivity contribution in [2.75, 3.05) is 56.1 Å². The highest BCUT2D eigenvalue weighted by molar-refractivity contribution is 9.10. The molecule has 0 saturated heterocycles. The number of benzene rings is 9. The number of ether oxygens (including phenoxy) is 9. The van der Waals surface area contributed by atoms with Crippen LogP contribution in [0.25, 0.3) is 57.1 Å². The van der Waals surface area contributed by atoms with Gasteiger partial charge in [-0.3, -0.25) is 9.59 Å². The fourth-order valence-corrected chi connectivity index (χ4v) is 20.9. The third kappa shape index (κ3) is 32.2. The molecule has 3 fully saturated rings. The van der Waals surface area contributed by atoms with Gasteiger partial charge in [-0.25, -0.2) is 43.7 Å². The number of Topliss-reactive ketones (excluding diaryl/α,β-unsaturated/α-hetero) is 1. The molecule has 5 amide bonds. The molecule has 5 heterocycles. The first-order chi connectivity index (χ1) is 70.0. The third-order valence-corrected chi connectivity index (χ3v) is 29.8. The molecule has 2 N–H and O–H groups in total. The fraction of sp³-hybridized carbons (Fsp3) is 0.327. The number of thiazole rings is 3. The molecule has 31 nitrogen and oxygen atoms in total. The van der Waals surface area contributed by atoms with Crippen LogP contribution >= 0.6 is 88.9 Å². The van der Waals surface area contributed by atoms with Crippen molar-refractivity contribution in [3.63, 3.8) is 0 Å². The summed E-state index contributed by atoms with van der Waals surface area (Å²) in [4.78, 5) is 122. The van der Waals surface area contributed by atoms with Gasteiger partial charge in [-0.05, 0) is 220 Å². The van der Waals surface area contributed by atoms with Gasteiger partial charge in [-0.1, -0.05) is 179 Å². The number of nitrogens with zero attached hydrogens (tertiary/aromatic N) is 12. The lowest BCUT2D eigenvalue weighted by Gasteiger charge is -2.28. The minimum absolute atomic E-state index is 0.0527. The normalized spacial score (nSPS) is 13.5. The van der Waals surface area contributed by atoms with E-state index >= 15 is 0 Å². The van der Waals surface area contributed by atoms with Crippen LogP contribution in [0.5, 0.6) is 23.0 Å². The smallest absolute Gasteiger partial charge is 0.446 e. The van der Waals surface area contributed by atoms with Crippen LogP contribution in [0.3, 0.4) is 0 Å². The van der Waals surface area contributed by atoms with E-state index in [4.69, 9.17) is 43.4 Å². The Hall–Kier alpha value is -13.6. The number of carbonyl (C=O) groups is 8. The van der Waals surface area contributed by atoms with E-state index in [2.05, 4.69) is 65.1 Å². The Morgan fingerprint density at radius 2 is 0.834 bits per heavy atom. The number of hydrogen-bond donors (Lipinski definition) is 2. The SMILES string of the molecule is CCOC(=O)C(=[N+]=[N-])C(=O)c1ccc(Br)cc1.CN(Cc1ccccc1)C(=O)OCc1nc2c(O)cccc2s1.COC(=O)[C@H]1CCC[C@H](Oc2cccc3sc(COC(=O)N(C)Cc4ccccc4)nc23)C1.COc1cccc2sc(COC(=O)N(C)Cc3ccccc3)nc12.Cc1nsc(-c2ccc(Br)cc2)c1COC(=O)N(C)C1CCCC1.Cc1nsc(-c2ccc(O)cc2)c1COC(=O)N(C)C1CCCC1. The van der Waals surface area contributed by atoms with E-state index in [1.54, 1.807) is 86.3 Å². The Labute approximate surface area is 878 Å². The van der Waals surface area contributed by atoms with Crippen molar-refractivity contribution >= 4 is 173 Å². The molecule has 0 aliphatic heterocycles. The number of phenols is 2. The predicted molar refractivity (Wildman–Crippen MR) is 568 cm³/mol. The van der Waals surface area contributed by atoms with Crippen molar-refractivity contribution in [1.82, 2.24) is 48.2 Å². The second-order valence-corrected chi connectivity index (χ2v) is 40.8. The van der Waals surface area contributed by atoms with Gasteiger partial charge in [0.05, 0.1) is 68.1 Å². The van der Waals surface area contributed by atoms with Gasteiger partial charge in [0.1, 0.15) is 87.6 Å². The van der Waals surface area contributed by atoms with Crippen LogP contribution in [-0.2, 0) is 95.4 Å². The fourth-order valence-electron chi connectivity index (χ4n) is 15.9. The number of esters is 2. The van der Waals surface area contributed by atoms with Gasteiger partial charge in [0.2, 0.25) is 0 Å². The number of ketones is 1. The van der Waals surface area contributed by atoms with E-state index in [0.29, 0.717) is 59.4 Å². The summed E-state index contributed by atoms with van der Waals surface area (Å²) >= 11 is 13.9. The Bertz CT molecular complexity index is 6580. The Kier molecular flexibility index (Phi) is 42.2. The number of para-hydroxylation sites is 3. The summed E-state index contributed by atoms with van der Waals surface area (Å²) in [5, 5.41) is 21.3. The molecule has 3 aliphatic carbocycles. The number of carbonyl (C=O) groups excluding carboxylic acids is 8. The lowest BCUT2D eigenvalue weighted by atomic mass is 9.87. The van der Waals surface area contributed by atoms with Crippen LogP contribution in [-0.4, -0.2) is 191 Å². The number of rotatable bonds is 28. The Morgan fingerprint density at radius 3 is 1.25 bits per heavy atom. The lowest BCUT2D eigenvalue weighted by Crippen LogP contribution is -2.35. The maximum Gasteiger partial charge on any atom is 0.446 e. The number of hydrogen-bond acceptors (Lipinski definition) is 29. The molecule has 38 heteroatoms. The molecule has 14 aromatic rings. The summed E-state index contributed by atoms with van der Waals surface area (Å²) in [6.07, 6.45) is 10.6. The number of aromatic hydroxyl groups is 2.